The van der Waals surface area contributed by atoms with E-state index in [-0.39, 0.29) is 39.8 Å². The van der Waals surface area contributed by atoms with Gasteiger partial charge in [-0.05, 0) is 56.7 Å². The molecule has 0 radical (unpaired) electrons. The lowest BCUT2D eigenvalue weighted by molar-refractivity contribution is -0.385. The van der Waals surface area contributed by atoms with Crippen LogP contribution in [0.25, 0.3) is 6.08 Å². The van der Waals surface area contributed by atoms with Crippen LogP contribution in [0.2, 0.25) is 0 Å². The van der Waals surface area contributed by atoms with Gasteiger partial charge in [-0.3, -0.25) is 24.3 Å². The molecule has 12 nitrogen and oxygen atoms in total. The number of likely N-dealkylation sites (N-methyl/N-ethyl adjacent to an activating group) is 1. The summed E-state index contributed by atoms with van der Waals surface area (Å²) < 4.78 is 24.3. The average Bonchev–Trinajstić information content (AvgIpc) is 3.40. The summed E-state index contributed by atoms with van der Waals surface area (Å²) in [7, 11) is 4.48. The van der Waals surface area contributed by atoms with Crippen LogP contribution in [0, 0.1) is 10.1 Å². The van der Waals surface area contributed by atoms with E-state index in [4.69, 9.17) is 23.9 Å². The Bertz CT molecular complexity index is 2070. The van der Waals surface area contributed by atoms with E-state index in [0.717, 1.165) is 16.9 Å². The normalized spacial score (nSPS) is 14.2. The summed E-state index contributed by atoms with van der Waals surface area (Å²) in [5.41, 5.74) is 1.55. The van der Waals surface area contributed by atoms with E-state index in [1.165, 1.54) is 44.1 Å². The fourth-order valence-electron chi connectivity index (χ4n) is 5.61. The molecule has 0 unspecified atom stereocenters. The molecule has 1 aromatic heterocycles. The van der Waals surface area contributed by atoms with Crippen molar-refractivity contribution in [3.8, 4) is 23.0 Å². The van der Waals surface area contributed by atoms with Crippen LogP contribution in [0.3, 0.4) is 0 Å². The Balaban J connectivity index is 1.70. The van der Waals surface area contributed by atoms with Crippen LogP contribution in [0.1, 0.15) is 43.5 Å². The second kappa shape index (κ2) is 14.6. The quantitative estimate of drug-likeness (QED) is 0.157. The highest BCUT2D eigenvalue weighted by Gasteiger charge is 2.36. The standard InChI is InChI=1S/C35H36N4O8S/c1-7-37(8-2)34(41)31-21(3)36-35-38(32(31)25-18-24(44-4)14-15-27(25)45-5)33(40)30(48-35)17-23-16-28(46-6)29(19-26(23)39(42)43)47-20-22-12-10-9-11-13-22/h9-19,32H,7-8,20H2,1-6H3/b30-17+/t32-/m1/s1. The number of aromatic nitrogens is 1. The number of nitro benzene ring substituents is 1. The Kier molecular flexibility index (Phi) is 10.3. The third-order valence-electron chi connectivity index (χ3n) is 8.07. The number of ether oxygens (including phenoxy) is 4. The zero-order valence-electron chi connectivity index (χ0n) is 27.5. The minimum absolute atomic E-state index is 0.139. The van der Waals surface area contributed by atoms with Crippen LogP contribution in [0.5, 0.6) is 23.0 Å². The summed E-state index contributed by atoms with van der Waals surface area (Å²) in [4.78, 5) is 46.8. The minimum Gasteiger partial charge on any atom is -0.497 e. The topological polar surface area (TPSA) is 135 Å². The molecule has 250 valence electrons. The van der Waals surface area contributed by atoms with Crippen molar-refractivity contribution in [1.82, 2.24) is 9.47 Å². The fourth-order valence-corrected chi connectivity index (χ4v) is 6.65. The van der Waals surface area contributed by atoms with Gasteiger partial charge in [0.25, 0.3) is 17.2 Å². The van der Waals surface area contributed by atoms with Crippen molar-refractivity contribution in [2.45, 2.75) is 33.4 Å². The third kappa shape index (κ3) is 6.54. The molecule has 0 N–H and O–H groups in total. The van der Waals surface area contributed by atoms with Gasteiger partial charge in [0.2, 0.25) is 0 Å². The van der Waals surface area contributed by atoms with E-state index in [9.17, 15) is 19.7 Å². The van der Waals surface area contributed by atoms with Gasteiger partial charge in [-0.1, -0.05) is 41.7 Å². The van der Waals surface area contributed by atoms with Gasteiger partial charge in [0.05, 0.1) is 53.7 Å². The maximum atomic E-state index is 14.3. The lowest BCUT2D eigenvalue weighted by Gasteiger charge is -2.30. The molecule has 1 aliphatic rings. The zero-order chi connectivity index (χ0) is 34.5. The summed E-state index contributed by atoms with van der Waals surface area (Å²) in [6, 6.07) is 16.4. The average molecular weight is 673 g/mol. The second-order valence-electron chi connectivity index (χ2n) is 10.8. The van der Waals surface area contributed by atoms with Crippen LogP contribution in [0.15, 0.2) is 81.7 Å². The number of nitrogens with zero attached hydrogens (tertiary/aromatic N) is 4. The number of nitro groups is 1. The lowest BCUT2D eigenvalue weighted by atomic mass is 9.93. The number of methoxy groups -OCH3 is 3. The molecule has 0 saturated heterocycles. The smallest absolute Gasteiger partial charge is 0.280 e. The van der Waals surface area contributed by atoms with Crippen LogP contribution in [0.4, 0.5) is 5.69 Å². The molecule has 13 heteroatoms. The van der Waals surface area contributed by atoms with Gasteiger partial charge >= 0.3 is 0 Å². The van der Waals surface area contributed by atoms with Gasteiger partial charge in [-0.2, -0.15) is 0 Å². The number of rotatable bonds is 12. The summed E-state index contributed by atoms with van der Waals surface area (Å²) in [6.45, 7) is 6.58. The van der Waals surface area contributed by atoms with Gasteiger partial charge < -0.3 is 23.8 Å². The van der Waals surface area contributed by atoms with Gasteiger partial charge in [0.15, 0.2) is 16.3 Å². The first-order chi connectivity index (χ1) is 23.1. The van der Waals surface area contributed by atoms with Crippen molar-refractivity contribution in [2.24, 2.45) is 4.99 Å². The zero-order valence-corrected chi connectivity index (χ0v) is 28.3. The Morgan fingerprint density at radius 3 is 2.33 bits per heavy atom. The Morgan fingerprint density at radius 1 is 1.00 bits per heavy atom. The molecule has 1 atom stereocenters. The molecule has 2 heterocycles. The fraction of sp³-hybridized carbons (Fsp3) is 0.286. The van der Waals surface area contributed by atoms with Gasteiger partial charge in [-0.25, -0.2) is 4.99 Å². The first-order valence-corrected chi connectivity index (χ1v) is 16.0. The van der Waals surface area contributed by atoms with E-state index in [1.807, 2.05) is 44.2 Å². The van der Waals surface area contributed by atoms with Gasteiger partial charge in [0, 0.05) is 18.7 Å². The highest BCUT2D eigenvalue weighted by atomic mass is 32.1. The highest BCUT2D eigenvalue weighted by Crippen LogP contribution is 2.39. The number of benzene rings is 3. The third-order valence-corrected chi connectivity index (χ3v) is 9.05. The van der Waals surface area contributed by atoms with Crippen molar-refractivity contribution in [1.29, 1.82) is 0 Å². The number of allylic oxidation sites excluding steroid dienone is 1. The van der Waals surface area contributed by atoms with Crippen LogP contribution in [-0.4, -0.2) is 54.7 Å². The maximum absolute atomic E-state index is 14.3. The van der Waals surface area contributed by atoms with E-state index in [1.54, 1.807) is 30.0 Å². The van der Waals surface area contributed by atoms with Crippen molar-refractivity contribution < 1.29 is 28.7 Å². The second-order valence-corrected chi connectivity index (χ2v) is 11.8. The highest BCUT2D eigenvalue weighted by molar-refractivity contribution is 7.07. The van der Waals surface area contributed by atoms with E-state index in [2.05, 4.69) is 0 Å². The number of thiazole rings is 1. The predicted octanol–water partition coefficient (Wildman–Crippen LogP) is 4.62. The van der Waals surface area contributed by atoms with Crippen LogP contribution < -0.4 is 33.8 Å². The van der Waals surface area contributed by atoms with Crippen LogP contribution in [-0.2, 0) is 11.4 Å². The molecule has 3 aromatic carbocycles. The number of fused-ring (bicyclic) bond motifs is 1. The van der Waals surface area contributed by atoms with E-state index < -0.39 is 16.5 Å². The summed E-state index contributed by atoms with van der Waals surface area (Å²) in [5, 5.41) is 12.3. The Hall–Kier alpha value is -5.43. The Labute approximate surface area is 280 Å². The van der Waals surface area contributed by atoms with Crippen molar-refractivity contribution >= 4 is 29.0 Å². The lowest BCUT2D eigenvalue weighted by Crippen LogP contribution is -2.43. The van der Waals surface area contributed by atoms with Crippen LogP contribution >= 0.6 is 11.3 Å². The molecular formula is C35H36N4O8S. The first-order valence-electron chi connectivity index (χ1n) is 15.2. The van der Waals surface area contributed by atoms with E-state index in [0.29, 0.717) is 46.2 Å². The van der Waals surface area contributed by atoms with E-state index >= 15 is 0 Å². The first kappa shape index (κ1) is 33.9. The molecule has 0 aliphatic carbocycles. The van der Waals surface area contributed by atoms with Gasteiger partial charge in [0.1, 0.15) is 24.1 Å². The molecule has 48 heavy (non-hydrogen) atoms. The number of carbonyl (C=O) groups is 1. The summed E-state index contributed by atoms with van der Waals surface area (Å²) in [6.07, 6.45) is 1.44. The maximum Gasteiger partial charge on any atom is 0.280 e. The van der Waals surface area contributed by atoms with Crippen molar-refractivity contribution in [3.63, 3.8) is 0 Å². The Morgan fingerprint density at radius 2 is 1.71 bits per heavy atom. The largest absolute Gasteiger partial charge is 0.497 e. The molecule has 0 saturated carbocycles. The molecule has 0 fully saturated rings. The predicted molar refractivity (Wildman–Crippen MR) is 182 cm³/mol. The summed E-state index contributed by atoms with van der Waals surface area (Å²) >= 11 is 1.06. The number of hydrogen-bond donors (Lipinski definition) is 0. The SMILES string of the molecule is CCN(CC)C(=O)C1=C(C)N=c2s/c(=C/c3cc(OC)c(OCc4ccccc4)cc3[N+](=O)[O-])c(=O)n2[C@@H]1c1cc(OC)ccc1OC. The van der Waals surface area contributed by atoms with Crippen molar-refractivity contribution in [2.75, 3.05) is 34.4 Å². The number of amides is 1. The summed E-state index contributed by atoms with van der Waals surface area (Å²) in [5.74, 6) is 1.14. The minimum atomic E-state index is -0.917. The monoisotopic (exact) mass is 672 g/mol. The molecule has 4 aromatic rings. The van der Waals surface area contributed by atoms with Gasteiger partial charge in [-0.15, -0.1) is 0 Å². The molecular weight excluding hydrogens is 636 g/mol. The molecule has 0 spiro atoms. The number of carbonyl (C=O) groups excluding carboxylic acids is 1. The molecule has 1 amide bonds. The molecule has 0 bridgehead atoms. The molecule has 1 aliphatic heterocycles. The molecule has 5 rings (SSSR count). The number of hydrogen-bond acceptors (Lipinski definition) is 10. The van der Waals surface area contributed by atoms with Crippen molar-refractivity contribution in [3.05, 3.63) is 118 Å².